The fraction of sp³-hybridized carbons (Fsp3) is 0.211. The van der Waals surface area contributed by atoms with Gasteiger partial charge in [-0.1, -0.05) is 5.21 Å². The third-order valence-electron chi connectivity index (χ3n) is 4.09. The predicted molar refractivity (Wildman–Crippen MR) is 97.0 cm³/mol. The first-order valence-electron chi connectivity index (χ1n) is 8.52. The van der Waals surface area contributed by atoms with Gasteiger partial charge in [-0.3, -0.25) is 4.79 Å². The largest absolute Gasteiger partial charge is 0.497 e. The molecule has 7 nitrogen and oxygen atoms in total. The average Bonchev–Trinajstić information content (AvgIpc) is 3.18. The minimum atomic E-state index is -4.93. The summed E-state index contributed by atoms with van der Waals surface area (Å²) in [7, 11) is 2.89. The van der Waals surface area contributed by atoms with E-state index >= 15 is 0 Å². The normalized spacial score (nSPS) is 11.3. The summed E-state index contributed by atoms with van der Waals surface area (Å²) in [5.74, 6) is -0.787. The molecule has 11 heteroatoms. The zero-order valence-electron chi connectivity index (χ0n) is 15.8. The van der Waals surface area contributed by atoms with E-state index in [9.17, 15) is 22.4 Å². The van der Waals surface area contributed by atoms with Crippen LogP contribution < -0.4 is 14.8 Å². The van der Waals surface area contributed by atoms with E-state index in [4.69, 9.17) is 9.47 Å². The quantitative estimate of drug-likeness (QED) is 0.614. The Labute approximate surface area is 168 Å². The van der Waals surface area contributed by atoms with Gasteiger partial charge in [-0.15, -0.1) is 5.10 Å². The molecule has 1 aromatic heterocycles. The van der Waals surface area contributed by atoms with Crippen LogP contribution >= 0.6 is 0 Å². The molecule has 0 bridgehead atoms. The highest BCUT2D eigenvalue weighted by Gasteiger charge is 2.42. The second kappa shape index (κ2) is 8.39. The van der Waals surface area contributed by atoms with Gasteiger partial charge in [0.1, 0.15) is 17.3 Å². The number of nitrogens with zero attached hydrogens (tertiary/aromatic N) is 3. The predicted octanol–water partition coefficient (Wildman–Crippen LogP) is 3.37. The first-order chi connectivity index (χ1) is 14.2. The third-order valence-corrected chi connectivity index (χ3v) is 4.09. The molecule has 0 saturated heterocycles. The third kappa shape index (κ3) is 4.50. The molecule has 0 aliphatic heterocycles. The maximum atomic E-state index is 13.6. The van der Waals surface area contributed by atoms with E-state index in [1.807, 2.05) is 0 Å². The Morgan fingerprint density at radius 3 is 2.20 bits per heavy atom. The zero-order valence-corrected chi connectivity index (χ0v) is 15.8. The molecule has 158 valence electrons. The van der Waals surface area contributed by atoms with E-state index < -0.39 is 29.3 Å². The number of hydrogen-bond donors (Lipinski definition) is 1. The first-order valence-corrected chi connectivity index (χ1v) is 8.52. The van der Waals surface area contributed by atoms with Crippen LogP contribution in [0.3, 0.4) is 0 Å². The van der Waals surface area contributed by atoms with Crippen LogP contribution in [0.5, 0.6) is 11.5 Å². The van der Waals surface area contributed by atoms with E-state index in [0.717, 1.165) is 24.3 Å². The second-order valence-electron chi connectivity index (χ2n) is 6.08. The number of aromatic nitrogens is 3. The van der Waals surface area contributed by atoms with Gasteiger partial charge >= 0.3 is 6.18 Å². The Hall–Kier alpha value is -3.63. The number of methoxy groups -OCH3 is 2. The summed E-state index contributed by atoms with van der Waals surface area (Å²) < 4.78 is 64.7. The summed E-state index contributed by atoms with van der Waals surface area (Å²) in [5, 5.41) is 9.21. The van der Waals surface area contributed by atoms with Crippen LogP contribution in [0.25, 0.3) is 5.69 Å². The Morgan fingerprint density at radius 1 is 1.07 bits per heavy atom. The Morgan fingerprint density at radius 2 is 1.67 bits per heavy atom. The van der Waals surface area contributed by atoms with Crippen LogP contribution in [0.15, 0.2) is 42.5 Å². The summed E-state index contributed by atoms with van der Waals surface area (Å²) in [4.78, 5) is 12.4. The first kappa shape index (κ1) is 21.1. The number of hydrogen-bond acceptors (Lipinski definition) is 5. The number of carbonyl (C=O) groups excluding carboxylic acids is 1. The lowest BCUT2D eigenvalue weighted by atomic mass is 10.2. The molecule has 30 heavy (non-hydrogen) atoms. The summed E-state index contributed by atoms with van der Waals surface area (Å²) in [6.45, 7) is -0.104. The van der Waals surface area contributed by atoms with E-state index in [1.165, 1.54) is 14.2 Å². The van der Waals surface area contributed by atoms with Gasteiger partial charge in [0.25, 0.3) is 5.91 Å². The average molecular weight is 424 g/mol. The van der Waals surface area contributed by atoms with Gasteiger partial charge < -0.3 is 14.8 Å². The highest BCUT2D eigenvalue weighted by molar-refractivity contribution is 5.93. The van der Waals surface area contributed by atoms with Gasteiger partial charge in [-0.25, -0.2) is 9.07 Å². The molecule has 0 fully saturated rings. The van der Waals surface area contributed by atoms with Crippen molar-refractivity contribution in [3.8, 4) is 17.2 Å². The summed E-state index contributed by atoms with van der Waals surface area (Å²) in [6.07, 6.45) is -4.93. The fourth-order valence-corrected chi connectivity index (χ4v) is 2.69. The molecule has 1 heterocycles. The second-order valence-corrected chi connectivity index (χ2v) is 6.08. The molecule has 0 unspecified atom stereocenters. The van der Waals surface area contributed by atoms with Crippen molar-refractivity contribution in [3.63, 3.8) is 0 Å². The topological polar surface area (TPSA) is 78.3 Å². The van der Waals surface area contributed by atoms with Crippen molar-refractivity contribution in [2.75, 3.05) is 14.2 Å². The van der Waals surface area contributed by atoms with Gasteiger partial charge in [-0.05, 0) is 42.0 Å². The maximum Gasteiger partial charge on any atom is 0.435 e. The Kier molecular flexibility index (Phi) is 5.90. The van der Waals surface area contributed by atoms with Crippen LogP contribution in [0.1, 0.15) is 21.7 Å². The number of benzene rings is 2. The molecule has 0 saturated carbocycles. The number of ether oxygens (including phenoxy) is 2. The van der Waals surface area contributed by atoms with Gasteiger partial charge in [0.15, 0.2) is 11.4 Å². The standard InChI is InChI=1S/C19H16F4N4O3/c1-29-14-7-11(8-15(9-14)30-2)10-24-18(28)16-17(19(21,22)23)27(26-25-16)13-5-3-12(20)4-6-13/h3-9H,10H2,1-2H3,(H,24,28). The van der Waals surface area contributed by atoms with Gasteiger partial charge in [0.2, 0.25) is 0 Å². The summed E-state index contributed by atoms with van der Waals surface area (Å²) in [5.41, 5.74) is -1.82. The monoisotopic (exact) mass is 424 g/mol. The number of rotatable bonds is 6. The molecular formula is C19H16F4N4O3. The zero-order chi connectivity index (χ0) is 21.9. The van der Waals surface area contributed by atoms with Gasteiger partial charge in [-0.2, -0.15) is 13.2 Å². The van der Waals surface area contributed by atoms with Crippen molar-refractivity contribution in [1.29, 1.82) is 0 Å². The fourth-order valence-electron chi connectivity index (χ4n) is 2.69. The van der Waals surface area contributed by atoms with Crippen LogP contribution in [-0.2, 0) is 12.7 Å². The molecular weight excluding hydrogens is 408 g/mol. The highest BCUT2D eigenvalue weighted by atomic mass is 19.4. The van der Waals surface area contributed by atoms with E-state index in [0.29, 0.717) is 21.7 Å². The molecule has 0 atom stereocenters. The van der Waals surface area contributed by atoms with E-state index in [-0.39, 0.29) is 12.2 Å². The lowest BCUT2D eigenvalue weighted by Gasteiger charge is -2.12. The molecule has 1 amide bonds. The number of carbonyl (C=O) groups is 1. The number of alkyl halides is 3. The number of nitrogens with one attached hydrogen (secondary N) is 1. The molecule has 0 spiro atoms. The maximum absolute atomic E-state index is 13.6. The minimum Gasteiger partial charge on any atom is -0.497 e. The molecule has 0 aliphatic rings. The van der Waals surface area contributed by atoms with Crippen molar-refractivity contribution < 1.29 is 31.8 Å². The summed E-state index contributed by atoms with van der Waals surface area (Å²) >= 11 is 0. The molecule has 3 aromatic rings. The minimum absolute atomic E-state index is 0.0900. The van der Waals surface area contributed by atoms with Crippen molar-refractivity contribution in [2.24, 2.45) is 0 Å². The van der Waals surface area contributed by atoms with Crippen LogP contribution in [0, 0.1) is 5.82 Å². The SMILES string of the molecule is COc1cc(CNC(=O)c2nnn(-c3ccc(F)cc3)c2C(F)(F)F)cc(OC)c1. The van der Waals surface area contributed by atoms with Crippen molar-refractivity contribution >= 4 is 5.91 Å². The van der Waals surface area contributed by atoms with Crippen LogP contribution in [0.4, 0.5) is 17.6 Å². The smallest absolute Gasteiger partial charge is 0.435 e. The van der Waals surface area contributed by atoms with Crippen LogP contribution in [-0.4, -0.2) is 35.1 Å². The molecule has 0 aliphatic carbocycles. The van der Waals surface area contributed by atoms with E-state index in [2.05, 4.69) is 15.6 Å². The van der Waals surface area contributed by atoms with Crippen molar-refractivity contribution in [1.82, 2.24) is 20.3 Å². The number of halogens is 4. The molecule has 3 rings (SSSR count). The highest BCUT2D eigenvalue weighted by Crippen LogP contribution is 2.33. The lowest BCUT2D eigenvalue weighted by molar-refractivity contribution is -0.143. The van der Waals surface area contributed by atoms with Crippen LogP contribution in [0.2, 0.25) is 0 Å². The summed E-state index contributed by atoms with van der Waals surface area (Å²) in [6, 6.07) is 8.97. The van der Waals surface area contributed by atoms with Crippen molar-refractivity contribution in [3.05, 3.63) is 65.2 Å². The molecule has 0 radical (unpaired) electrons. The van der Waals surface area contributed by atoms with E-state index in [1.54, 1.807) is 18.2 Å². The molecule has 2 aromatic carbocycles. The van der Waals surface area contributed by atoms with Gasteiger partial charge in [0, 0.05) is 12.6 Å². The Balaban J connectivity index is 1.88. The molecule has 1 N–H and O–H groups in total. The van der Waals surface area contributed by atoms with Crippen molar-refractivity contribution in [2.45, 2.75) is 12.7 Å². The van der Waals surface area contributed by atoms with Gasteiger partial charge in [0.05, 0.1) is 19.9 Å². The number of amides is 1. The lowest BCUT2D eigenvalue weighted by Crippen LogP contribution is -2.27. The Bertz CT molecular complexity index is 1030.